The summed E-state index contributed by atoms with van der Waals surface area (Å²) in [5.74, 6) is 0.723. The summed E-state index contributed by atoms with van der Waals surface area (Å²) in [6, 6.07) is 9.13. The molecule has 37 heavy (non-hydrogen) atoms. The molecule has 1 aromatic carbocycles. The smallest absolute Gasteiger partial charge is 0.410 e. The molecule has 12 nitrogen and oxygen atoms in total. The zero-order valence-corrected chi connectivity index (χ0v) is 20.9. The van der Waals surface area contributed by atoms with E-state index in [2.05, 4.69) is 35.8 Å². The standard InChI is InChI=1S/C25H29N9O3/c1-25(2,3)37-24(36)33-13-5-7-17(15-33)30-23-31-19-9-10-26-22(35)20(19)21(32-23)29-16-6-4-8-18(14-16)34-27-11-12-28-34/h4,6,8-12,14,17H,5,7,13,15H2,1-3H3,(H,26,35)(H2,29,30,31,32)/t17-/m1/s1. The Kier molecular flexibility index (Phi) is 6.47. The van der Waals surface area contributed by atoms with Gasteiger partial charge in [0.15, 0.2) is 0 Å². The van der Waals surface area contributed by atoms with Crippen molar-refractivity contribution in [1.29, 1.82) is 0 Å². The molecule has 0 unspecified atom stereocenters. The van der Waals surface area contributed by atoms with E-state index in [0.29, 0.717) is 41.4 Å². The Morgan fingerprint density at radius 2 is 1.97 bits per heavy atom. The Labute approximate surface area is 213 Å². The number of nitrogens with one attached hydrogen (secondary N) is 3. The molecule has 1 aliphatic heterocycles. The quantitative estimate of drug-likeness (QED) is 0.373. The number of amides is 1. The molecule has 3 N–H and O–H groups in total. The number of ether oxygens (including phenoxy) is 1. The predicted molar refractivity (Wildman–Crippen MR) is 139 cm³/mol. The molecule has 3 aromatic heterocycles. The number of carbonyl (C=O) groups excluding carboxylic acids is 1. The number of H-pyrrole nitrogens is 1. The normalized spacial score (nSPS) is 16.0. The number of pyridine rings is 1. The summed E-state index contributed by atoms with van der Waals surface area (Å²) in [6.07, 6.45) is 6.09. The zero-order valence-electron chi connectivity index (χ0n) is 20.9. The number of nitrogens with zero attached hydrogens (tertiary/aromatic N) is 6. The van der Waals surface area contributed by atoms with Crippen LogP contribution in [0.3, 0.4) is 0 Å². The third-order valence-electron chi connectivity index (χ3n) is 5.78. The first-order valence-electron chi connectivity index (χ1n) is 12.1. The highest BCUT2D eigenvalue weighted by Crippen LogP contribution is 2.25. The highest BCUT2D eigenvalue weighted by Gasteiger charge is 2.28. The van der Waals surface area contributed by atoms with Crippen molar-refractivity contribution in [2.75, 3.05) is 23.7 Å². The van der Waals surface area contributed by atoms with Crippen LogP contribution in [0.15, 0.2) is 53.7 Å². The predicted octanol–water partition coefficient (Wildman–Crippen LogP) is 3.45. The van der Waals surface area contributed by atoms with Gasteiger partial charge < -0.3 is 25.3 Å². The van der Waals surface area contributed by atoms with Crippen LogP contribution in [0.2, 0.25) is 0 Å². The number of hydrogen-bond acceptors (Lipinski definition) is 9. The van der Waals surface area contributed by atoms with E-state index in [0.717, 1.165) is 18.5 Å². The van der Waals surface area contributed by atoms with Crippen LogP contribution in [0.25, 0.3) is 16.6 Å². The number of piperidine rings is 1. The lowest BCUT2D eigenvalue weighted by Gasteiger charge is -2.34. The minimum atomic E-state index is -0.558. The molecular weight excluding hydrogens is 474 g/mol. The van der Waals surface area contributed by atoms with Crippen molar-refractivity contribution in [3.63, 3.8) is 0 Å². The summed E-state index contributed by atoms with van der Waals surface area (Å²) in [5.41, 5.74) is 1.10. The van der Waals surface area contributed by atoms with Crippen LogP contribution in [-0.4, -0.2) is 65.7 Å². The van der Waals surface area contributed by atoms with Crippen molar-refractivity contribution in [3.8, 4) is 5.69 Å². The highest BCUT2D eigenvalue weighted by molar-refractivity contribution is 5.91. The first kappa shape index (κ1) is 24.2. The van der Waals surface area contributed by atoms with Gasteiger partial charge in [-0.1, -0.05) is 6.07 Å². The van der Waals surface area contributed by atoms with Crippen LogP contribution in [-0.2, 0) is 4.74 Å². The molecule has 0 radical (unpaired) electrons. The Balaban J connectivity index is 1.41. The summed E-state index contributed by atoms with van der Waals surface area (Å²) in [6.45, 7) is 6.66. The van der Waals surface area contributed by atoms with Crippen LogP contribution >= 0.6 is 0 Å². The zero-order chi connectivity index (χ0) is 26.0. The van der Waals surface area contributed by atoms with Gasteiger partial charge in [0.2, 0.25) is 5.95 Å². The molecule has 12 heteroatoms. The Bertz CT molecular complexity index is 1460. The number of fused-ring (bicyclic) bond motifs is 1. The van der Waals surface area contributed by atoms with Crippen molar-refractivity contribution in [2.45, 2.75) is 45.3 Å². The van der Waals surface area contributed by atoms with E-state index in [4.69, 9.17) is 4.74 Å². The van der Waals surface area contributed by atoms with Gasteiger partial charge in [0.25, 0.3) is 5.56 Å². The maximum Gasteiger partial charge on any atom is 0.410 e. The molecule has 0 bridgehead atoms. The third kappa shape index (κ3) is 5.68. The number of carbonyl (C=O) groups is 1. The number of benzene rings is 1. The van der Waals surface area contributed by atoms with Crippen molar-refractivity contribution in [1.82, 2.24) is 34.8 Å². The largest absolute Gasteiger partial charge is 0.444 e. The van der Waals surface area contributed by atoms with Crippen LogP contribution in [0.4, 0.5) is 22.2 Å². The number of aromatic nitrogens is 6. The van der Waals surface area contributed by atoms with E-state index in [1.807, 2.05) is 45.0 Å². The van der Waals surface area contributed by atoms with Gasteiger partial charge in [-0.3, -0.25) is 4.79 Å². The molecular formula is C25H29N9O3. The third-order valence-corrected chi connectivity index (χ3v) is 5.78. The van der Waals surface area contributed by atoms with Gasteiger partial charge in [0.05, 0.1) is 23.6 Å². The molecule has 0 saturated carbocycles. The van der Waals surface area contributed by atoms with Crippen molar-refractivity contribution in [3.05, 3.63) is 59.3 Å². The number of aromatic amines is 1. The van der Waals surface area contributed by atoms with E-state index in [1.54, 1.807) is 29.6 Å². The van der Waals surface area contributed by atoms with E-state index < -0.39 is 5.60 Å². The van der Waals surface area contributed by atoms with Crippen LogP contribution in [0, 0.1) is 0 Å². The molecule has 0 spiro atoms. The molecule has 192 valence electrons. The SMILES string of the molecule is CC(C)(C)OC(=O)N1CCC[C@@H](Nc2nc(Nc3cccc(-n4nccn4)c3)c3c(=O)[nH]ccc3n2)C1. The van der Waals surface area contributed by atoms with Crippen molar-refractivity contribution in [2.24, 2.45) is 0 Å². The van der Waals surface area contributed by atoms with E-state index in [-0.39, 0.29) is 17.7 Å². The average molecular weight is 504 g/mol. The second-order valence-electron chi connectivity index (χ2n) is 9.87. The summed E-state index contributed by atoms with van der Waals surface area (Å²) in [4.78, 5) is 40.4. The molecule has 1 saturated heterocycles. The van der Waals surface area contributed by atoms with E-state index in [9.17, 15) is 9.59 Å². The van der Waals surface area contributed by atoms with Gasteiger partial charge in [0.1, 0.15) is 16.8 Å². The summed E-state index contributed by atoms with van der Waals surface area (Å²) < 4.78 is 5.54. The number of hydrogen-bond donors (Lipinski definition) is 3. The fourth-order valence-corrected chi connectivity index (χ4v) is 4.21. The van der Waals surface area contributed by atoms with Gasteiger partial charge in [-0.15, -0.1) is 0 Å². The number of rotatable bonds is 5. The van der Waals surface area contributed by atoms with E-state index in [1.165, 1.54) is 4.80 Å². The second-order valence-corrected chi connectivity index (χ2v) is 9.87. The monoisotopic (exact) mass is 503 g/mol. The van der Waals surface area contributed by atoms with Gasteiger partial charge in [0, 0.05) is 31.0 Å². The van der Waals surface area contributed by atoms with Gasteiger partial charge >= 0.3 is 6.09 Å². The van der Waals surface area contributed by atoms with Crippen molar-refractivity contribution < 1.29 is 9.53 Å². The molecule has 4 aromatic rings. The molecule has 5 rings (SSSR count). The van der Waals surface area contributed by atoms with Gasteiger partial charge in [-0.05, 0) is 57.9 Å². The lowest BCUT2D eigenvalue weighted by atomic mass is 10.1. The van der Waals surface area contributed by atoms with Crippen LogP contribution < -0.4 is 16.2 Å². The Morgan fingerprint density at radius 3 is 2.76 bits per heavy atom. The lowest BCUT2D eigenvalue weighted by Crippen LogP contribution is -2.47. The lowest BCUT2D eigenvalue weighted by molar-refractivity contribution is 0.0206. The molecule has 0 aliphatic carbocycles. The van der Waals surface area contributed by atoms with Gasteiger partial charge in [-0.25, -0.2) is 9.78 Å². The second kappa shape index (κ2) is 9.88. The maximum absolute atomic E-state index is 12.7. The average Bonchev–Trinajstić information content (AvgIpc) is 3.39. The first-order valence-corrected chi connectivity index (χ1v) is 12.1. The Morgan fingerprint density at radius 1 is 1.16 bits per heavy atom. The minimum Gasteiger partial charge on any atom is -0.444 e. The maximum atomic E-state index is 12.7. The molecule has 4 heterocycles. The highest BCUT2D eigenvalue weighted by atomic mass is 16.6. The van der Waals surface area contributed by atoms with Crippen molar-refractivity contribution >= 4 is 34.4 Å². The van der Waals surface area contributed by atoms with Crippen LogP contribution in [0.5, 0.6) is 0 Å². The fourth-order valence-electron chi connectivity index (χ4n) is 4.21. The summed E-state index contributed by atoms with van der Waals surface area (Å²) in [5, 5.41) is 15.3. The topological polar surface area (TPSA) is 143 Å². The van der Waals surface area contributed by atoms with Crippen LogP contribution in [0.1, 0.15) is 33.6 Å². The minimum absolute atomic E-state index is 0.0669. The molecule has 1 atom stereocenters. The van der Waals surface area contributed by atoms with E-state index >= 15 is 0 Å². The fraction of sp³-hybridized carbons (Fsp3) is 0.360. The summed E-state index contributed by atoms with van der Waals surface area (Å²) in [7, 11) is 0. The Hall–Kier alpha value is -4.48. The number of anilines is 3. The number of likely N-dealkylation sites (tertiary alicyclic amines) is 1. The summed E-state index contributed by atoms with van der Waals surface area (Å²) >= 11 is 0. The van der Waals surface area contributed by atoms with Gasteiger partial charge in [-0.2, -0.15) is 20.0 Å². The molecule has 1 amide bonds. The first-order chi connectivity index (χ1) is 17.7. The molecule has 1 fully saturated rings. The molecule has 1 aliphatic rings.